The van der Waals surface area contributed by atoms with Crippen LogP contribution in [0.5, 0.6) is 0 Å². The van der Waals surface area contributed by atoms with Crippen LogP contribution in [0.2, 0.25) is 0 Å². The van der Waals surface area contributed by atoms with E-state index in [1.165, 1.54) is 17.4 Å². The third kappa shape index (κ3) is 3.52. The van der Waals surface area contributed by atoms with Gasteiger partial charge >= 0.3 is 0 Å². The molecule has 1 fully saturated rings. The summed E-state index contributed by atoms with van der Waals surface area (Å²) in [4.78, 5) is 19.9. The number of benzene rings is 1. The molecule has 1 saturated heterocycles. The van der Waals surface area contributed by atoms with Crippen molar-refractivity contribution in [2.24, 2.45) is 0 Å². The molecule has 0 spiro atoms. The van der Waals surface area contributed by atoms with Gasteiger partial charge in [0.15, 0.2) is 0 Å². The summed E-state index contributed by atoms with van der Waals surface area (Å²) in [6.07, 6.45) is 1.76. The number of halogens is 1. The van der Waals surface area contributed by atoms with Crippen LogP contribution in [-0.2, 0) is 11.3 Å². The van der Waals surface area contributed by atoms with E-state index in [-0.39, 0.29) is 11.7 Å². The van der Waals surface area contributed by atoms with Crippen molar-refractivity contribution in [3.63, 3.8) is 0 Å². The molecule has 0 bridgehead atoms. The Morgan fingerprint density at radius 3 is 2.89 bits per heavy atom. The molecule has 3 aromatic rings. The Bertz CT molecular complexity index is 983. The summed E-state index contributed by atoms with van der Waals surface area (Å²) in [6, 6.07) is 8.76. The number of carbonyl (C=O) groups is 1. The fraction of sp³-hybridized carbons (Fsp3) is 0.300. The number of nitrogens with zero attached hydrogens (tertiary/aromatic N) is 2. The first-order chi connectivity index (χ1) is 13.1. The van der Waals surface area contributed by atoms with E-state index in [0.717, 1.165) is 29.2 Å². The molecule has 0 radical (unpaired) electrons. The maximum atomic E-state index is 14.1. The Labute approximate surface area is 160 Å². The first-order valence-electron chi connectivity index (χ1n) is 8.87. The van der Waals surface area contributed by atoms with Crippen LogP contribution in [0.15, 0.2) is 36.5 Å². The second-order valence-corrected chi connectivity index (χ2v) is 7.49. The molecular weight excluding hydrogens is 365 g/mol. The molecule has 3 heterocycles. The molecule has 1 N–H and O–H groups in total. The van der Waals surface area contributed by atoms with E-state index in [4.69, 9.17) is 4.74 Å². The Morgan fingerprint density at radius 1 is 1.30 bits per heavy atom. The number of carbonyl (C=O) groups excluding carboxylic acids is 1. The maximum absolute atomic E-state index is 14.1. The second-order valence-electron chi connectivity index (χ2n) is 6.44. The number of aryl methyl sites for hydroxylation is 1. The molecule has 5 nitrogen and oxygen atoms in total. The zero-order chi connectivity index (χ0) is 18.8. The number of hydrogen-bond donors (Lipinski definition) is 1. The predicted molar refractivity (Wildman–Crippen MR) is 105 cm³/mol. The summed E-state index contributed by atoms with van der Waals surface area (Å²) < 4.78 is 20.3. The summed E-state index contributed by atoms with van der Waals surface area (Å²) in [5.74, 6) is 0.396. The van der Waals surface area contributed by atoms with E-state index >= 15 is 0 Å². The van der Waals surface area contributed by atoms with Gasteiger partial charge in [0, 0.05) is 41.5 Å². The van der Waals surface area contributed by atoms with Crippen LogP contribution in [0.25, 0.3) is 10.1 Å². The number of morpholine rings is 1. The highest BCUT2D eigenvalue weighted by atomic mass is 32.1. The Hall–Kier alpha value is -2.51. The fourth-order valence-electron chi connectivity index (χ4n) is 3.35. The molecule has 27 heavy (non-hydrogen) atoms. The van der Waals surface area contributed by atoms with Gasteiger partial charge in [-0.2, -0.15) is 0 Å². The van der Waals surface area contributed by atoms with Crippen LogP contribution in [0.1, 0.15) is 20.8 Å². The Balaban J connectivity index is 1.54. The quantitative estimate of drug-likeness (QED) is 0.747. The van der Waals surface area contributed by atoms with Crippen LogP contribution in [-0.4, -0.2) is 37.2 Å². The minimum absolute atomic E-state index is 0.190. The lowest BCUT2D eigenvalue weighted by Crippen LogP contribution is -2.37. The van der Waals surface area contributed by atoms with Gasteiger partial charge in [-0.05, 0) is 30.7 Å². The van der Waals surface area contributed by atoms with Crippen LogP contribution < -0.4 is 10.2 Å². The average molecular weight is 385 g/mol. The molecule has 0 unspecified atom stereocenters. The van der Waals surface area contributed by atoms with Gasteiger partial charge < -0.3 is 15.0 Å². The molecular formula is C20H20FN3O2S. The van der Waals surface area contributed by atoms with Crippen LogP contribution in [0, 0.1) is 12.7 Å². The average Bonchev–Trinajstić information content (AvgIpc) is 3.05. The summed E-state index contributed by atoms with van der Waals surface area (Å²) in [5.41, 5.74) is 1.64. The molecule has 1 aliphatic heterocycles. The van der Waals surface area contributed by atoms with Crippen molar-refractivity contribution in [1.29, 1.82) is 0 Å². The van der Waals surface area contributed by atoms with Gasteiger partial charge in [-0.25, -0.2) is 9.37 Å². The van der Waals surface area contributed by atoms with Crippen LogP contribution in [0.4, 0.5) is 10.2 Å². The zero-order valence-corrected chi connectivity index (χ0v) is 15.8. The highest BCUT2D eigenvalue weighted by molar-refractivity contribution is 7.21. The van der Waals surface area contributed by atoms with Gasteiger partial charge in [0.25, 0.3) is 5.91 Å². The highest BCUT2D eigenvalue weighted by Gasteiger charge is 2.19. The topological polar surface area (TPSA) is 54.5 Å². The summed E-state index contributed by atoms with van der Waals surface area (Å²) in [5, 5.41) is 3.50. The first-order valence-corrected chi connectivity index (χ1v) is 9.69. The molecule has 0 saturated carbocycles. The van der Waals surface area contributed by atoms with E-state index < -0.39 is 0 Å². The molecule has 7 heteroatoms. The maximum Gasteiger partial charge on any atom is 0.261 e. The molecule has 1 amide bonds. The monoisotopic (exact) mass is 385 g/mol. The molecule has 4 rings (SSSR count). The van der Waals surface area contributed by atoms with Crippen molar-refractivity contribution in [2.45, 2.75) is 13.5 Å². The van der Waals surface area contributed by atoms with Gasteiger partial charge in [-0.15, -0.1) is 11.3 Å². The van der Waals surface area contributed by atoms with E-state index in [1.54, 1.807) is 19.2 Å². The van der Waals surface area contributed by atoms with E-state index in [9.17, 15) is 9.18 Å². The largest absolute Gasteiger partial charge is 0.378 e. The van der Waals surface area contributed by atoms with Gasteiger partial charge in [0.2, 0.25) is 0 Å². The summed E-state index contributed by atoms with van der Waals surface area (Å²) >= 11 is 1.32. The Morgan fingerprint density at radius 2 is 2.11 bits per heavy atom. The van der Waals surface area contributed by atoms with Gasteiger partial charge in [-0.3, -0.25) is 4.79 Å². The van der Waals surface area contributed by atoms with Crippen molar-refractivity contribution in [2.75, 3.05) is 31.2 Å². The van der Waals surface area contributed by atoms with Crippen LogP contribution >= 0.6 is 11.3 Å². The third-order valence-corrected chi connectivity index (χ3v) is 5.98. The molecule has 140 valence electrons. The number of pyridine rings is 1. The summed E-state index contributed by atoms with van der Waals surface area (Å²) in [7, 11) is 0. The number of anilines is 1. The molecule has 0 atom stereocenters. The minimum Gasteiger partial charge on any atom is -0.378 e. The van der Waals surface area contributed by atoms with Crippen molar-refractivity contribution in [3.8, 4) is 0 Å². The number of thiophene rings is 1. The van der Waals surface area contributed by atoms with Crippen molar-refractivity contribution >= 4 is 33.1 Å². The number of rotatable bonds is 4. The lowest BCUT2D eigenvalue weighted by molar-refractivity contribution is 0.0954. The predicted octanol–water partition coefficient (Wildman–Crippen LogP) is 3.51. The standard InChI is InChI=1S/C20H20FN3O2S/c1-13-17-15(21)5-2-6-16(17)27-18(13)20(25)23-12-14-4-3-7-22-19(14)24-8-10-26-11-9-24/h2-7H,8-12H2,1H3,(H,23,25). The van der Waals surface area contributed by atoms with Crippen molar-refractivity contribution in [3.05, 3.63) is 58.3 Å². The SMILES string of the molecule is Cc1c(C(=O)NCc2cccnc2N2CCOCC2)sc2cccc(F)c12. The molecule has 0 aliphatic carbocycles. The zero-order valence-electron chi connectivity index (χ0n) is 15.0. The van der Waals surface area contributed by atoms with Gasteiger partial charge in [-0.1, -0.05) is 12.1 Å². The number of amides is 1. The van der Waals surface area contributed by atoms with E-state index in [1.807, 2.05) is 18.2 Å². The van der Waals surface area contributed by atoms with E-state index in [2.05, 4.69) is 15.2 Å². The lowest BCUT2D eigenvalue weighted by atomic mass is 10.1. The number of aromatic nitrogens is 1. The van der Waals surface area contributed by atoms with E-state index in [0.29, 0.717) is 35.6 Å². The smallest absolute Gasteiger partial charge is 0.261 e. The van der Waals surface area contributed by atoms with Gasteiger partial charge in [0.05, 0.1) is 18.1 Å². The second kappa shape index (κ2) is 7.62. The van der Waals surface area contributed by atoms with Crippen LogP contribution in [0.3, 0.4) is 0 Å². The fourth-order valence-corrected chi connectivity index (χ4v) is 4.49. The third-order valence-electron chi connectivity index (χ3n) is 4.73. The molecule has 1 aromatic carbocycles. The molecule has 2 aromatic heterocycles. The highest BCUT2D eigenvalue weighted by Crippen LogP contribution is 2.32. The van der Waals surface area contributed by atoms with Crippen molar-refractivity contribution < 1.29 is 13.9 Å². The number of hydrogen-bond acceptors (Lipinski definition) is 5. The van der Waals surface area contributed by atoms with Crippen molar-refractivity contribution in [1.82, 2.24) is 10.3 Å². The molecule has 1 aliphatic rings. The number of nitrogens with one attached hydrogen (secondary N) is 1. The number of ether oxygens (including phenoxy) is 1. The lowest BCUT2D eigenvalue weighted by Gasteiger charge is -2.29. The number of fused-ring (bicyclic) bond motifs is 1. The summed E-state index contributed by atoms with van der Waals surface area (Å²) in [6.45, 7) is 5.08. The van der Waals surface area contributed by atoms with Gasteiger partial charge in [0.1, 0.15) is 11.6 Å². The first kappa shape index (κ1) is 17.9. The normalized spacial score (nSPS) is 14.5. The minimum atomic E-state index is -0.290. The Kier molecular flexibility index (Phi) is 5.05.